The van der Waals surface area contributed by atoms with Gasteiger partial charge < -0.3 is 20.1 Å². The molecule has 2 aromatic carbocycles. The Labute approximate surface area is 171 Å². The molecule has 7 nitrogen and oxygen atoms in total. The Bertz CT molecular complexity index is 813. The molecule has 1 aliphatic rings. The molecule has 0 spiro atoms. The van der Waals surface area contributed by atoms with Gasteiger partial charge in [0.1, 0.15) is 5.75 Å². The molecule has 3 rings (SSSR count). The van der Waals surface area contributed by atoms with E-state index in [1.165, 1.54) is 5.56 Å². The van der Waals surface area contributed by atoms with Crippen molar-refractivity contribution < 1.29 is 19.1 Å². The Balaban J connectivity index is 1.37. The fourth-order valence-electron chi connectivity index (χ4n) is 3.25. The summed E-state index contributed by atoms with van der Waals surface area (Å²) in [5.74, 6) is -0.715. The van der Waals surface area contributed by atoms with E-state index in [-0.39, 0.29) is 6.10 Å². The zero-order chi connectivity index (χ0) is 20.5. The van der Waals surface area contributed by atoms with Crippen molar-refractivity contribution in [2.45, 2.75) is 12.5 Å². The van der Waals surface area contributed by atoms with E-state index in [9.17, 15) is 9.59 Å². The van der Waals surface area contributed by atoms with Crippen LogP contribution >= 0.6 is 0 Å². The Kier molecular flexibility index (Phi) is 7.61. The molecule has 29 heavy (non-hydrogen) atoms. The number of nitrogens with one attached hydrogen (secondary N) is 2. The molecule has 1 atom stereocenters. The maximum atomic E-state index is 12.0. The fourth-order valence-corrected chi connectivity index (χ4v) is 3.25. The van der Waals surface area contributed by atoms with E-state index in [1.807, 2.05) is 18.2 Å². The normalized spacial score (nSPS) is 16.8. The lowest BCUT2D eigenvalue weighted by Gasteiger charge is -2.33. The van der Waals surface area contributed by atoms with E-state index in [2.05, 4.69) is 27.7 Å². The van der Waals surface area contributed by atoms with Crippen LogP contribution in [0.2, 0.25) is 0 Å². The Hall–Kier alpha value is -2.90. The first-order valence-corrected chi connectivity index (χ1v) is 9.78. The maximum Gasteiger partial charge on any atom is 0.313 e. The first-order valence-electron chi connectivity index (χ1n) is 9.78. The summed E-state index contributed by atoms with van der Waals surface area (Å²) in [5.41, 5.74) is 1.70. The molecule has 1 unspecified atom stereocenters. The van der Waals surface area contributed by atoms with Gasteiger partial charge in [-0.3, -0.25) is 14.5 Å². The number of rotatable bonds is 7. The van der Waals surface area contributed by atoms with Crippen LogP contribution in [0.3, 0.4) is 0 Å². The lowest BCUT2D eigenvalue weighted by atomic mass is 10.1. The quantitative estimate of drug-likeness (QED) is 0.553. The third-order valence-electron chi connectivity index (χ3n) is 4.79. The van der Waals surface area contributed by atoms with Crippen molar-refractivity contribution in [2.24, 2.45) is 0 Å². The van der Waals surface area contributed by atoms with Gasteiger partial charge in [0.15, 0.2) is 0 Å². The van der Waals surface area contributed by atoms with E-state index >= 15 is 0 Å². The van der Waals surface area contributed by atoms with Gasteiger partial charge in [-0.15, -0.1) is 0 Å². The van der Waals surface area contributed by atoms with Crippen molar-refractivity contribution >= 4 is 17.5 Å². The molecule has 1 saturated heterocycles. The third kappa shape index (κ3) is 6.30. The van der Waals surface area contributed by atoms with Gasteiger partial charge in [-0.2, -0.15) is 0 Å². The van der Waals surface area contributed by atoms with Crippen molar-refractivity contribution in [3.63, 3.8) is 0 Å². The van der Waals surface area contributed by atoms with Crippen LogP contribution in [-0.4, -0.2) is 56.6 Å². The molecule has 2 N–H and O–H groups in total. The highest BCUT2D eigenvalue weighted by Gasteiger charge is 2.21. The molecule has 7 heteroatoms. The highest BCUT2D eigenvalue weighted by Crippen LogP contribution is 2.21. The zero-order valence-electron chi connectivity index (χ0n) is 16.6. The van der Waals surface area contributed by atoms with Gasteiger partial charge in [-0.05, 0) is 24.1 Å². The van der Waals surface area contributed by atoms with Crippen LogP contribution in [0.15, 0.2) is 54.6 Å². The maximum absolute atomic E-state index is 12.0. The van der Waals surface area contributed by atoms with Crippen molar-refractivity contribution in [1.29, 1.82) is 0 Å². The Morgan fingerprint density at radius 1 is 1.14 bits per heavy atom. The topological polar surface area (TPSA) is 79.9 Å². The standard InChI is InChI=1S/C22H27N3O4/c1-28-19-10-5-9-18(15-19)24-22(27)21(26)23-11-6-12-25-13-14-29-20(16-25)17-7-3-2-4-8-17/h2-5,7-10,15,20H,6,11-14,16H2,1H3,(H,23,26)(H,24,27). The van der Waals surface area contributed by atoms with Gasteiger partial charge in [0.05, 0.1) is 19.8 Å². The van der Waals surface area contributed by atoms with Gasteiger partial charge in [0.2, 0.25) is 0 Å². The molecule has 1 heterocycles. The first kappa shape index (κ1) is 20.8. The fraction of sp³-hybridized carbons (Fsp3) is 0.364. The van der Waals surface area contributed by atoms with E-state index in [4.69, 9.17) is 9.47 Å². The van der Waals surface area contributed by atoms with Gasteiger partial charge in [0, 0.05) is 37.9 Å². The van der Waals surface area contributed by atoms with Crippen LogP contribution in [-0.2, 0) is 14.3 Å². The van der Waals surface area contributed by atoms with Crippen molar-refractivity contribution in [3.8, 4) is 5.75 Å². The number of amides is 2. The second-order valence-electron chi connectivity index (χ2n) is 6.87. The van der Waals surface area contributed by atoms with E-state index in [0.29, 0.717) is 24.6 Å². The first-order chi connectivity index (χ1) is 14.2. The molecule has 0 aliphatic carbocycles. The number of nitrogens with zero attached hydrogens (tertiary/aromatic N) is 1. The van der Waals surface area contributed by atoms with Crippen molar-refractivity contribution in [2.75, 3.05) is 45.2 Å². The molecule has 0 bridgehead atoms. The summed E-state index contributed by atoms with van der Waals surface area (Å²) < 4.78 is 11.0. The molecular formula is C22H27N3O4. The summed E-state index contributed by atoms with van der Waals surface area (Å²) in [6.45, 7) is 3.67. The minimum Gasteiger partial charge on any atom is -0.497 e. The van der Waals surface area contributed by atoms with Crippen LogP contribution in [0, 0.1) is 0 Å². The van der Waals surface area contributed by atoms with E-state index < -0.39 is 11.8 Å². The summed E-state index contributed by atoms with van der Waals surface area (Å²) >= 11 is 0. The van der Waals surface area contributed by atoms with Crippen molar-refractivity contribution in [1.82, 2.24) is 10.2 Å². The number of ether oxygens (including phenoxy) is 2. The summed E-state index contributed by atoms with van der Waals surface area (Å²) in [6, 6.07) is 17.1. The van der Waals surface area contributed by atoms with Crippen LogP contribution in [0.4, 0.5) is 5.69 Å². The molecule has 0 aromatic heterocycles. The number of morpholine rings is 1. The summed E-state index contributed by atoms with van der Waals surface area (Å²) in [4.78, 5) is 26.3. The summed E-state index contributed by atoms with van der Waals surface area (Å²) in [6.07, 6.45) is 0.841. The Morgan fingerprint density at radius 2 is 1.97 bits per heavy atom. The lowest BCUT2D eigenvalue weighted by molar-refractivity contribution is -0.136. The zero-order valence-corrected chi connectivity index (χ0v) is 16.6. The number of carbonyl (C=O) groups is 2. The molecular weight excluding hydrogens is 370 g/mol. The van der Waals surface area contributed by atoms with Crippen LogP contribution < -0.4 is 15.4 Å². The number of anilines is 1. The highest BCUT2D eigenvalue weighted by atomic mass is 16.5. The van der Waals surface area contributed by atoms with Crippen LogP contribution in [0.1, 0.15) is 18.1 Å². The molecule has 0 saturated carbocycles. The lowest BCUT2D eigenvalue weighted by Crippen LogP contribution is -2.41. The number of benzene rings is 2. The summed E-state index contributed by atoms with van der Waals surface area (Å²) in [5, 5.41) is 5.25. The number of methoxy groups -OCH3 is 1. The Morgan fingerprint density at radius 3 is 2.76 bits per heavy atom. The number of hydrogen-bond acceptors (Lipinski definition) is 5. The van der Waals surface area contributed by atoms with Gasteiger partial charge >= 0.3 is 11.8 Å². The smallest absolute Gasteiger partial charge is 0.313 e. The van der Waals surface area contributed by atoms with E-state index in [0.717, 1.165) is 26.1 Å². The van der Waals surface area contributed by atoms with Gasteiger partial charge in [-0.25, -0.2) is 0 Å². The molecule has 2 aromatic rings. The SMILES string of the molecule is COc1cccc(NC(=O)C(=O)NCCCN2CCOC(c3ccccc3)C2)c1. The minimum atomic E-state index is -0.686. The van der Waals surface area contributed by atoms with Crippen molar-refractivity contribution in [3.05, 3.63) is 60.2 Å². The summed E-state index contributed by atoms with van der Waals surface area (Å²) in [7, 11) is 1.55. The number of carbonyl (C=O) groups excluding carboxylic acids is 2. The minimum absolute atomic E-state index is 0.0770. The van der Waals surface area contributed by atoms with Crippen LogP contribution in [0.5, 0.6) is 5.75 Å². The van der Waals surface area contributed by atoms with E-state index in [1.54, 1.807) is 31.4 Å². The van der Waals surface area contributed by atoms with Gasteiger partial charge in [0.25, 0.3) is 0 Å². The predicted molar refractivity (Wildman–Crippen MR) is 111 cm³/mol. The largest absolute Gasteiger partial charge is 0.497 e. The monoisotopic (exact) mass is 397 g/mol. The average molecular weight is 397 g/mol. The number of hydrogen-bond donors (Lipinski definition) is 2. The second-order valence-corrected chi connectivity index (χ2v) is 6.87. The van der Waals surface area contributed by atoms with Crippen LogP contribution in [0.25, 0.3) is 0 Å². The average Bonchev–Trinajstić information content (AvgIpc) is 2.77. The molecule has 2 amide bonds. The predicted octanol–water partition coefficient (Wildman–Crippen LogP) is 2.21. The molecule has 0 radical (unpaired) electrons. The molecule has 1 aliphatic heterocycles. The molecule has 154 valence electrons. The molecule has 1 fully saturated rings. The highest BCUT2D eigenvalue weighted by molar-refractivity contribution is 6.39. The van der Waals surface area contributed by atoms with Gasteiger partial charge in [-0.1, -0.05) is 36.4 Å². The second kappa shape index (κ2) is 10.6. The third-order valence-corrected chi connectivity index (χ3v) is 4.79.